The molecule has 0 spiro atoms. The number of carboxylic acid groups (broad SMARTS) is 1. The number of anilines is 1. The van der Waals surface area contributed by atoms with E-state index in [-0.39, 0.29) is 18.1 Å². The van der Waals surface area contributed by atoms with Gasteiger partial charge in [0.25, 0.3) is 5.91 Å². The Hall–Kier alpha value is -2.12. The maximum absolute atomic E-state index is 11.9. The van der Waals surface area contributed by atoms with Crippen molar-refractivity contribution in [2.45, 2.75) is 38.5 Å². The first-order chi connectivity index (χ1) is 9.55. The van der Waals surface area contributed by atoms with Crippen LogP contribution in [0.1, 0.15) is 49.0 Å². The number of nitrogen functional groups attached to an aromatic ring is 1. The minimum absolute atomic E-state index is 0.0630. The molecule has 8 nitrogen and oxygen atoms in total. The molecule has 2 rings (SSSR count). The average Bonchev–Trinajstić information content (AvgIpc) is 2.71. The Labute approximate surface area is 115 Å². The van der Waals surface area contributed by atoms with Crippen molar-refractivity contribution in [1.29, 1.82) is 0 Å². The van der Waals surface area contributed by atoms with Crippen LogP contribution in [0.3, 0.4) is 0 Å². The van der Waals surface area contributed by atoms with Crippen molar-refractivity contribution in [3.8, 4) is 0 Å². The summed E-state index contributed by atoms with van der Waals surface area (Å²) < 4.78 is 4.35. The summed E-state index contributed by atoms with van der Waals surface area (Å²) in [6.07, 6.45) is 4.90. The predicted molar refractivity (Wildman–Crippen MR) is 68.8 cm³/mol. The maximum atomic E-state index is 11.9. The van der Waals surface area contributed by atoms with E-state index in [0.717, 1.165) is 25.7 Å². The zero-order chi connectivity index (χ0) is 14.6. The molecule has 1 aliphatic carbocycles. The standard InChI is InChI=1S/C12H18N4O4/c13-9-8(15-20-16-9)10(17)14-7-12(11(18)19)5-3-1-2-4-6-12/h1-7H2,(H2,13,16)(H,14,17)(H,18,19). The molecule has 8 heteroatoms. The second-order valence-corrected chi connectivity index (χ2v) is 5.18. The van der Waals surface area contributed by atoms with Crippen LogP contribution in [0.25, 0.3) is 0 Å². The molecule has 1 saturated carbocycles. The van der Waals surface area contributed by atoms with Gasteiger partial charge < -0.3 is 16.2 Å². The van der Waals surface area contributed by atoms with Crippen LogP contribution in [0.2, 0.25) is 0 Å². The van der Waals surface area contributed by atoms with Crippen LogP contribution in [0.15, 0.2) is 4.63 Å². The lowest BCUT2D eigenvalue weighted by Crippen LogP contribution is -2.43. The Kier molecular flexibility index (Phi) is 4.21. The molecule has 0 atom stereocenters. The first kappa shape index (κ1) is 14.3. The highest BCUT2D eigenvalue weighted by Crippen LogP contribution is 2.34. The van der Waals surface area contributed by atoms with Gasteiger partial charge >= 0.3 is 5.97 Å². The molecule has 1 aliphatic rings. The van der Waals surface area contributed by atoms with Gasteiger partial charge in [-0.25, -0.2) is 4.63 Å². The van der Waals surface area contributed by atoms with E-state index in [1.807, 2.05) is 0 Å². The molecular weight excluding hydrogens is 264 g/mol. The van der Waals surface area contributed by atoms with Crippen molar-refractivity contribution in [3.05, 3.63) is 5.69 Å². The van der Waals surface area contributed by atoms with Crippen molar-refractivity contribution in [2.75, 3.05) is 12.3 Å². The number of carbonyl (C=O) groups is 2. The highest BCUT2D eigenvalue weighted by molar-refractivity contribution is 5.96. The zero-order valence-corrected chi connectivity index (χ0v) is 11.1. The first-order valence-corrected chi connectivity index (χ1v) is 6.65. The van der Waals surface area contributed by atoms with Crippen LogP contribution >= 0.6 is 0 Å². The third kappa shape index (κ3) is 2.89. The van der Waals surface area contributed by atoms with E-state index in [1.54, 1.807) is 0 Å². The number of rotatable bonds is 4. The van der Waals surface area contributed by atoms with Crippen molar-refractivity contribution in [3.63, 3.8) is 0 Å². The number of hydrogen-bond donors (Lipinski definition) is 3. The molecule has 1 aromatic rings. The number of aliphatic carboxylic acids is 1. The second kappa shape index (κ2) is 5.89. The molecule has 1 aromatic heterocycles. The van der Waals surface area contributed by atoms with Gasteiger partial charge in [-0.15, -0.1) is 0 Å². The molecule has 0 unspecified atom stereocenters. The lowest BCUT2D eigenvalue weighted by atomic mass is 9.80. The highest BCUT2D eigenvalue weighted by Gasteiger charge is 2.39. The highest BCUT2D eigenvalue weighted by atomic mass is 16.6. The predicted octanol–water partition coefficient (Wildman–Crippen LogP) is 0.807. The topological polar surface area (TPSA) is 131 Å². The average molecular weight is 282 g/mol. The summed E-state index contributed by atoms with van der Waals surface area (Å²) in [5, 5.41) is 18.8. The van der Waals surface area contributed by atoms with Crippen molar-refractivity contribution < 1.29 is 19.3 Å². The molecule has 0 radical (unpaired) electrons. The fraction of sp³-hybridized carbons (Fsp3) is 0.667. The minimum atomic E-state index is -0.905. The summed E-state index contributed by atoms with van der Waals surface area (Å²) in [5.41, 5.74) is 4.41. The molecular formula is C12H18N4O4. The van der Waals surface area contributed by atoms with Crippen LogP contribution in [0.4, 0.5) is 5.82 Å². The summed E-state index contributed by atoms with van der Waals surface area (Å²) in [6, 6.07) is 0. The van der Waals surface area contributed by atoms with Gasteiger partial charge in [0.1, 0.15) is 0 Å². The molecule has 1 fully saturated rings. The lowest BCUT2D eigenvalue weighted by molar-refractivity contribution is -0.149. The summed E-state index contributed by atoms with van der Waals surface area (Å²) in [7, 11) is 0. The van der Waals surface area contributed by atoms with E-state index in [9.17, 15) is 14.7 Å². The largest absolute Gasteiger partial charge is 0.481 e. The van der Waals surface area contributed by atoms with E-state index in [1.165, 1.54) is 0 Å². The van der Waals surface area contributed by atoms with Gasteiger partial charge in [0.05, 0.1) is 5.41 Å². The summed E-state index contributed by atoms with van der Waals surface area (Å²) in [4.78, 5) is 23.4. The van der Waals surface area contributed by atoms with Gasteiger partial charge in [0.15, 0.2) is 0 Å². The second-order valence-electron chi connectivity index (χ2n) is 5.18. The quantitative estimate of drug-likeness (QED) is 0.696. The Balaban J connectivity index is 2.04. The van der Waals surface area contributed by atoms with E-state index in [2.05, 4.69) is 20.3 Å². The van der Waals surface area contributed by atoms with Gasteiger partial charge in [-0.2, -0.15) is 0 Å². The Bertz CT molecular complexity index is 491. The number of hydrogen-bond acceptors (Lipinski definition) is 6. The van der Waals surface area contributed by atoms with E-state index >= 15 is 0 Å². The number of nitrogens with zero attached hydrogens (tertiary/aromatic N) is 2. The van der Waals surface area contributed by atoms with Gasteiger partial charge in [0, 0.05) is 6.54 Å². The number of aromatic nitrogens is 2. The zero-order valence-electron chi connectivity index (χ0n) is 11.1. The van der Waals surface area contributed by atoms with Crippen molar-refractivity contribution >= 4 is 17.7 Å². The fourth-order valence-electron chi connectivity index (χ4n) is 2.56. The lowest BCUT2D eigenvalue weighted by Gasteiger charge is -2.27. The van der Waals surface area contributed by atoms with E-state index in [4.69, 9.17) is 5.73 Å². The monoisotopic (exact) mass is 282 g/mol. The van der Waals surface area contributed by atoms with Gasteiger partial charge in [-0.05, 0) is 23.2 Å². The Morgan fingerprint density at radius 3 is 2.40 bits per heavy atom. The molecule has 1 amide bonds. The maximum Gasteiger partial charge on any atom is 0.311 e. The van der Waals surface area contributed by atoms with E-state index < -0.39 is 17.3 Å². The number of nitrogens with one attached hydrogen (secondary N) is 1. The third-order valence-corrected chi connectivity index (χ3v) is 3.83. The summed E-state index contributed by atoms with van der Waals surface area (Å²) in [6.45, 7) is 0.0630. The SMILES string of the molecule is Nc1nonc1C(=O)NCC1(C(=O)O)CCCCCC1. The Morgan fingerprint density at radius 2 is 1.90 bits per heavy atom. The van der Waals surface area contributed by atoms with Gasteiger partial charge in [-0.1, -0.05) is 25.7 Å². The molecule has 0 aliphatic heterocycles. The van der Waals surface area contributed by atoms with Crippen LogP contribution in [-0.2, 0) is 4.79 Å². The first-order valence-electron chi connectivity index (χ1n) is 6.65. The number of nitrogens with two attached hydrogens (primary N) is 1. The minimum Gasteiger partial charge on any atom is -0.481 e. The molecule has 20 heavy (non-hydrogen) atoms. The molecule has 1 heterocycles. The normalized spacial score (nSPS) is 18.2. The van der Waals surface area contributed by atoms with Crippen LogP contribution in [0, 0.1) is 5.41 Å². The molecule has 0 aromatic carbocycles. The molecule has 0 saturated heterocycles. The fourth-order valence-corrected chi connectivity index (χ4v) is 2.56. The smallest absolute Gasteiger partial charge is 0.311 e. The van der Waals surface area contributed by atoms with Crippen LogP contribution in [-0.4, -0.2) is 33.8 Å². The van der Waals surface area contributed by atoms with Gasteiger partial charge in [-0.3, -0.25) is 9.59 Å². The number of carbonyl (C=O) groups excluding carboxylic acids is 1. The molecule has 110 valence electrons. The molecule has 0 bridgehead atoms. The molecule has 4 N–H and O–H groups in total. The number of amides is 1. The third-order valence-electron chi connectivity index (χ3n) is 3.83. The van der Waals surface area contributed by atoms with E-state index in [0.29, 0.717) is 12.8 Å². The summed E-state index contributed by atoms with van der Waals surface area (Å²) in [5.74, 6) is -1.53. The van der Waals surface area contributed by atoms with Crippen molar-refractivity contribution in [2.24, 2.45) is 5.41 Å². The van der Waals surface area contributed by atoms with Gasteiger partial charge in [0.2, 0.25) is 11.5 Å². The van der Waals surface area contributed by atoms with Crippen molar-refractivity contribution in [1.82, 2.24) is 15.6 Å². The van der Waals surface area contributed by atoms with Crippen LogP contribution < -0.4 is 11.1 Å². The summed E-state index contributed by atoms with van der Waals surface area (Å²) >= 11 is 0. The number of carboxylic acids is 1. The van der Waals surface area contributed by atoms with Crippen LogP contribution in [0.5, 0.6) is 0 Å². The Morgan fingerprint density at radius 1 is 1.25 bits per heavy atom.